The zero-order valence-corrected chi connectivity index (χ0v) is 6.12. The van der Waals surface area contributed by atoms with Crippen LogP contribution in [0.5, 0.6) is 0 Å². The van der Waals surface area contributed by atoms with Gasteiger partial charge < -0.3 is 9.64 Å². The molecular weight excluding hydrogens is 126 g/mol. The molecule has 0 bridgehead atoms. The summed E-state index contributed by atoms with van der Waals surface area (Å²) in [7, 11) is 0. The van der Waals surface area contributed by atoms with Gasteiger partial charge in [-0.15, -0.1) is 0 Å². The molecule has 2 nitrogen and oxygen atoms in total. The Hall–Kier alpha value is -0.0800. The molecule has 2 aliphatic heterocycles. The monoisotopic (exact) mass is 139 g/mol. The van der Waals surface area contributed by atoms with E-state index in [0.29, 0.717) is 6.10 Å². The minimum absolute atomic E-state index is 0.609. The Kier molecular flexibility index (Phi) is 0.968. The first-order valence-electron chi connectivity index (χ1n) is 4.26. The standard InChI is InChI=1S/C8H13NO/c1-6-2-9(3-7(1)6)4-8-5-10-8/h6-8H,1-5H2/t6?,7?,8-/m0/s1. The van der Waals surface area contributed by atoms with Crippen LogP contribution in [0, 0.1) is 11.8 Å². The number of nitrogens with zero attached hydrogens (tertiary/aromatic N) is 1. The van der Waals surface area contributed by atoms with E-state index in [4.69, 9.17) is 4.74 Å². The van der Waals surface area contributed by atoms with Crippen molar-refractivity contribution in [1.82, 2.24) is 4.90 Å². The molecule has 2 saturated heterocycles. The van der Waals surface area contributed by atoms with Crippen molar-refractivity contribution < 1.29 is 4.74 Å². The first-order valence-corrected chi connectivity index (χ1v) is 4.26. The summed E-state index contributed by atoms with van der Waals surface area (Å²) < 4.78 is 5.18. The molecule has 1 saturated carbocycles. The van der Waals surface area contributed by atoms with Gasteiger partial charge in [0.05, 0.1) is 12.7 Å². The zero-order chi connectivity index (χ0) is 6.55. The normalized spacial score (nSPS) is 51.0. The van der Waals surface area contributed by atoms with Gasteiger partial charge in [-0.2, -0.15) is 0 Å². The average Bonchev–Trinajstić information content (AvgIpc) is 2.78. The highest BCUT2D eigenvalue weighted by atomic mass is 16.6. The molecule has 0 spiro atoms. The van der Waals surface area contributed by atoms with Crippen LogP contribution < -0.4 is 0 Å². The Labute approximate surface area is 61.1 Å². The fraction of sp³-hybridized carbons (Fsp3) is 1.00. The van der Waals surface area contributed by atoms with Crippen LogP contribution in [0.3, 0.4) is 0 Å². The van der Waals surface area contributed by atoms with Crippen molar-refractivity contribution in [3.63, 3.8) is 0 Å². The van der Waals surface area contributed by atoms with Crippen LogP contribution in [0.15, 0.2) is 0 Å². The number of hydrogen-bond donors (Lipinski definition) is 0. The number of likely N-dealkylation sites (tertiary alicyclic amines) is 1. The van der Waals surface area contributed by atoms with Crippen LogP contribution in [0.25, 0.3) is 0 Å². The van der Waals surface area contributed by atoms with Gasteiger partial charge in [0.2, 0.25) is 0 Å². The smallest absolute Gasteiger partial charge is 0.0936 e. The van der Waals surface area contributed by atoms with Gasteiger partial charge in [-0.05, 0) is 18.3 Å². The summed E-state index contributed by atoms with van der Waals surface area (Å²) in [6.07, 6.45) is 2.12. The summed E-state index contributed by atoms with van der Waals surface area (Å²) >= 11 is 0. The van der Waals surface area contributed by atoms with Gasteiger partial charge in [0, 0.05) is 19.6 Å². The van der Waals surface area contributed by atoms with Crippen molar-refractivity contribution in [3.05, 3.63) is 0 Å². The van der Waals surface area contributed by atoms with Crippen molar-refractivity contribution in [2.75, 3.05) is 26.2 Å². The summed E-state index contributed by atoms with van der Waals surface area (Å²) in [6, 6.07) is 0. The summed E-state index contributed by atoms with van der Waals surface area (Å²) in [6.45, 7) is 4.97. The van der Waals surface area contributed by atoms with E-state index >= 15 is 0 Å². The Balaban J connectivity index is 1.54. The molecule has 0 aromatic heterocycles. The first kappa shape index (κ1) is 5.56. The lowest BCUT2D eigenvalue weighted by atomic mass is 10.4. The van der Waals surface area contributed by atoms with Crippen molar-refractivity contribution >= 4 is 0 Å². The largest absolute Gasteiger partial charge is 0.372 e. The Morgan fingerprint density at radius 2 is 2.00 bits per heavy atom. The molecule has 2 heterocycles. The summed E-state index contributed by atoms with van der Waals surface area (Å²) in [5.41, 5.74) is 0. The molecule has 2 unspecified atom stereocenters. The molecule has 0 N–H and O–H groups in total. The van der Waals surface area contributed by atoms with E-state index in [9.17, 15) is 0 Å². The van der Waals surface area contributed by atoms with Gasteiger partial charge in [0.25, 0.3) is 0 Å². The van der Waals surface area contributed by atoms with Crippen LogP contribution in [0.2, 0.25) is 0 Å². The second-order valence-electron chi connectivity index (χ2n) is 3.93. The molecule has 3 atom stereocenters. The Morgan fingerprint density at radius 1 is 1.30 bits per heavy atom. The maximum atomic E-state index is 5.18. The summed E-state index contributed by atoms with van der Waals surface area (Å²) in [5, 5.41) is 0. The van der Waals surface area contributed by atoms with E-state index in [2.05, 4.69) is 4.90 Å². The van der Waals surface area contributed by atoms with Gasteiger partial charge in [-0.1, -0.05) is 0 Å². The van der Waals surface area contributed by atoms with Crippen LogP contribution in [0.4, 0.5) is 0 Å². The van der Waals surface area contributed by atoms with Gasteiger partial charge in [-0.25, -0.2) is 0 Å². The minimum Gasteiger partial charge on any atom is -0.372 e. The van der Waals surface area contributed by atoms with E-state index in [1.807, 2.05) is 0 Å². The zero-order valence-electron chi connectivity index (χ0n) is 6.12. The number of rotatable bonds is 2. The number of fused-ring (bicyclic) bond motifs is 1. The van der Waals surface area contributed by atoms with E-state index in [1.165, 1.54) is 26.1 Å². The number of ether oxygens (including phenoxy) is 1. The van der Waals surface area contributed by atoms with E-state index < -0.39 is 0 Å². The highest BCUT2D eigenvalue weighted by molar-refractivity contribution is 4.97. The average molecular weight is 139 g/mol. The minimum atomic E-state index is 0.609. The second-order valence-corrected chi connectivity index (χ2v) is 3.93. The topological polar surface area (TPSA) is 15.8 Å². The Bertz CT molecular complexity index is 145. The fourth-order valence-corrected chi connectivity index (χ4v) is 2.11. The van der Waals surface area contributed by atoms with Crippen molar-refractivity contribution in [1.29, 1.82) is 0 Å². The molecule has 0 aromatic carbocycles. The number of epoxide rings is 1. The number of hydrogen-bond acceptors (Lipinski definition) is 2. The summed E-state index contributed by atoms with van der Waals surface area (Å²) in [5.74, 6) is 2.16. The van der Waals surface area contributed by atoms with Crippen LogP contribution in [0.1, 0.15) is 6.42 Å². The molecule has 1 aliphatic carbocycles. The van der Waals surface area contributed by atoms with E-state index in [0.717, 1.165) is 18.4 Å². The van der Waals surface area contributed by atoms with Crippen molar-refractivity contribution in [2.24, 2.45) is 11.8 Å². The third-order valence-corrected chi connectivity index (χ3v) is 2.92. The van der Waals surface area contributed by atoms with Crippen LogP contribution in [-0.2, 0) is 4.74 Å². The molecule has 3 aliphatic rings. The SMILES string of the molecule is C1C2CN(C[C@H]3CO3)CC12. The quantitative estimate of drug-likeness (QED) is 0.513. The molecule has 10 heavy (non-hydrogen) atoms. The highest BCUT2D eigenvalue weighted by Gasteiger charge is 2.45. The molecule has 0 amide bonds. The molecular formula is C8H13NO. The molecule has 3 rings (SSSR count). The van der Waals surface area contributed by atoms with Gasteiger partial charge in [0.15, 0.2) is 0 Å². The van der Waals surface area contributed by atoms with Gasteiger partial charge in [-0.3, -0.25) is 0 Å². The highest BCUT2D eigenvalue weighted by Crippen LogP contribution is 2.45. The molecule has 56 valence electrons. The first-order chi connectivity index (χ1) is 4.92. The maximum Gasteiger partial charge on any atom is 0.0936 e. The van der Waals surface area contributed by atoms with Crippen molar-refractivity contribution in [2.45, 2.75) is 12.5 Å². The summed E-state index contributed by atoms with van der Waals surface area (Å²) in [4.78, 5) is 2.57. The predicted molar refractivity (Wildman–Crippen MR) is 37.8 cm³/mol. The van der Waals surface area contributed by atoms with Gasteiger partial charge in [0.1, 0.15) is 0 Å². The fourth-order valence-electron chi connectivity index (χ4n) is 2.11. The lowest BCUT2D eigenvalue weighted by molar-refractivity contribution is 0.264. The second kappa shape index (κ2) is 1.74. The maximum absolute atomic E-state index is 5.18. The van der Waals surface area contributed by atoms with Crippen LogP contribution in [-0.4, -0.2) is 37.2 Å². The lowest BCUT2D eigenvalue weighted by Crippen LogP contribution is -2.26. The third-order valence-electron chi connectivity index (χ3n) is 2.92. The van der Waals surface area contributed by atoms with Crippen LogP contribution >= 0.6 is 0 Å². The molecule has 0 radical (unpaired) electrons. The van der Waals surface area contributed by atoms with E-state index in [1.54, 1.807) is 0 Å². The molecule has 2 heteroatoms. The van der Waals surface area contributed by atoms with Gasteiger partial charge >= 0.3 is 0 Å². The molecule has 3 fully saturated rings. The lowest BCUT2D eigenvalue weighted by Gasteiger charge is -2.14. The molecule has 0 aromatic rings. The van der Waals surface area contributed by atoms with E-state index in [-0.39, 0.29) is 0 Å². The van der Waals surface area contributed by atoms with Crippen molar-refractivity contribution in [3.8, 4) is 0 Å². The Morgan fingerprint density at radius 3 is 2.60 bits per heavy atom. The predicted octanol–water partition coefficient (Wildman–Crippen LogP) is 0.337. The number of piperidine rings is 1. The third kappa shape index (κ3) is 0.867.